The van der Waals surface area contributed by atoms with Gasteiger partial charge in [-0.1, -0.05) is 17.3 Å². The summed E-state index contributed by atoms with van der Waals surface area (Å²) in [5.74, 6) is -0.0909. The molecule has 92 valence electrons. The van der Waals surface area contributed by atoms with Crippen molar-refractivity contribution >= 4 is 17.7 Å². The van der Waals surface area contributed by atoms with Gasteiger partial charge in [0.25, 0.3) is 0 Å². The van der Waals surface area contributed by atoms with Gasteiger partial charge in [0, 0.05) is 16.5 Å². The Hall–Kier alpha value is -1.75. The first-order valence-electron chi connectivity index (χ1n) is 5.70. The van der Waals surface area contributed by atoms with E-state index in [1.54, 1.807) is 0 Å². The summed E-state index contributed by atoms with van der Waals surface area (Å²) in [5, 5.41) is 12.6. The predicted octanol–water partition coefficient (Wildman–Crippen LogP) is 3.08. The molecule has 0 spiro atoms. The lowest BCUT2D eigenvalue weighted by atomic mass is 10.1. The van der Waals surface area contributed by atoms with Crippen molar-refractivity contribution in [3.63, 3.8) is 0 Å². The van der Waals surface area contributed by atoms with Gasteiger partial charge in [-0.05, 0) is 30.2 Å². The van der Waals surface area contributed by atoms with Crippen LogP contribution in [0.4, 0.5) is 0 Å². The van der Waals surface area contributed by atoms with E-state index in [4.69, 9.17) is 9.63 Å². The molecule has 2 heterocycles. The highest BCUT2D eigenvalue weighted by Crippen LogP contribution is 2.33. The summed E-state index contributed by atoms with van der Waals surface area (Å²) >= 11 is 1.84. The predicted molar refractivity (Wildman–Crippen MR) is 67.9 cm³/mol. The summed E-state index contributed by atoms with van der Waals surface area (Å²) in [6.07, 6.45) is 2.33. The van der Waals surface area contributed by atoms with Gasteiger partial charge >= 0.3 is 5.97 Å². The van der Waals surface area contributed by atoms with Gasteiger partial charge in [0.05, 0.1) is 0 Å². The van der Waals surface area contributed by atoms with E-state index in [1.807, 2.05) is 17.8 Å². The fourth-order valence-electron chi connectivity index (χ4n) is 2.01. The molecule has 1 N–H and O–H groups in total. The molecule has 0 saturated carbocycles. The van der Waals surface area contributed by atoms with Gasteiger partial charge in [-0.15, -0.1) is 11.8 Å². The molecule has 0 aliphatic carbocycles. The minimum atomic E-state index is -1.10. The Morgan fingerprint density at radius 3 is 3.06 bits per heavy atom. The maximum Gasteiger partial charge on any atom is 0.374 e. The van der Waals surface area contributed by atoms with Crippen molar-refractivity contribution in [3.05, 3.63) is 35.6 Å². The molecule has 0 atom stereocenters. The zero-order valence-electron chi connectivity index (χ0n) is 9.55. The van der Waals surface area contributed by atoms with Gasteiger partial charge in [0.1, 0.15) is 5.69 Å². The summed E-state index contributed by atoms with van der Waals surface area (Å²) in [6.45, 7) is 0. The number of aromatic carboxylic acids is 1. The quantitative estimate of drug-likeness (QED) is 0.900. The molecule has 0 fully saturated rings. The van der Waals surface area contributed by atoms with Crippen LogP contribution in [0.25, 0.3) is 11.3 Å². The van der Waals surface area contributed by atoms with Crippen molar-refractivity contribution in [3.8, 4) is 11.3 Å². The smallest absolute Gasteiger partial charge is 0.374 e. The van der Waals surface area contributed by atoms with Crippen molar-refractivity contribution in [2.45, 2.75) is 17.7 Å². The van der Waals surface area contributed by atoms with Crippen LogP contribution in [-0.4, -0.2) is 22.0 Å². The molecule has 0 unspecified atom stereocenters. The number of benzene rings is 1. The highest BCUT2D eigenvalue weighted by atomic mass is 32.2. The molecule has 1 aliphatic rings. The number of thioether (sulfide) groups is 1. The largest absolute Gasteiger partial charge is 0.475 e. The van der Waals surface area contributed by atoms with Crippen LogP contribution in [0.5, 0.6) is 0 Å². The Kier molecular flexibility index (Phi) is 2.83. The highest BCUT2D eigenvalue weighted by molar-refractivity contribution is 7.99. The van der Waals surface area contributed by atoms with Crippen molar-refractivity contribution in [1.82, 2.24) is 5.16 Å². The molecule has 0 amide bonds. The van der Waals surface area contributed by atoms with Gasteiger partial charge in [-0.2, -0.15) is 0 Å². The Morgan fingerprint density at radius 2 is 2.28 bits per heavy atom. The van der Waals surface area contributed by atoms with E-state index in [9.17, 15) is 4.79 Å². The first kappa shape index (κ1) is 11.3. The van der Waals surface area contributed by atoms with E-state index in [1.165, 1.54) is 22.9 Å². The number of carbonyl (C=O) groups is 1. The van der Waals surface area contributed by atoms with Gasteiger partial charge < -0.3 is 9.63 Å². The van der Waals surface area contributed by atoms with Crippen LogP contribution in [-0.2, 0) is 6.42 Å². The maximum absolute atomic E-state index is 10.7. The summed E-state index contributed by atoms with van der Waals surface area (Å²) < 4.78 is 4.77. The van der Waals surface area contributed by atoms with E-state index in [0.717, 1.165) is 17.7 Å². The molecule has 4 nitrogen and oxygen atoms in total. The van der Waals surface area contributed by atoms with E-state index >= 15 is 0 Å². The van der Waals surface area contributed by atoms with Crippen LogP contribution in [0.15, 0.2) is 33.7 Å². The SMILES string of the molecule is O=C(O)c1cc(-c2ccc3c(c2)SCCC3)no1. The van der Waals surface area contributed by atoms with E-state index < -0.39 is 5.97 Å². The summed E-state index contributed by atoms with van der Waals surface area (Å²) in [4.78, 5) is 12.0. The molecular weight excluding hydrogens is 250 g/mol. The van der Waals surface area contributed by atoms with Crippen molar-refractivity contribution in [2.24, 2.45) is 0 Å². The van der Waals surface area contributed by atoms with Gasteiger partial charge in [0.2, 0.25) is 5.76 Å². The zero-order chi connectivity index (χ0) is 12.5. The highest BCUT2D eigenvalue weighted by Gasteiger charge is 2.15. The van der Waals surface area contributed by atoms with Gasteiger partial charge in [-0.3, -0.25) is 0 Å². The summed E-state index contributed by atoms with van der Waals surface area (Å²) in [7, 11) is 0. The molecule has 0 bridgehead atoms. The van der Waals surface area contributed by atoms with Crippen LogP contribution in [0.2, 0.25) is 0 Å². The number of hydrogen-bond donors (Lipinski definition) is 1. The monoisotopic (exact) mass is 261 g/mol. The Labute approximate surface area is 108 Å². The third-order valence-electron chi connectivity index (χ3n) is 2.93. The molecule has 1 aliphatic heterocycles. The third-order valence-corrected chi connectivity index (χ3v) is 4.12. The number of rotatable bonds is 2. The van der Waals surface area contributed by atoms with Crippen LogP contribution in [0.1, 0.15) is 22.5 Å². The summed E-state index contributed by atoms with van der Waals surface area (Å²) in [5.41, 5.74) is 2.83. The molecular formula is C13H11NO3S. The second-order valence-corrected chi connectivity index (χ2v) is 5.29. The molecule has 3 rings (SSSR count). The molecule has 18 heavy (non-hydrogen) atoms. The third kappa shape index (κ3) is 2.01. The number of aromatic nitrogens is 1. The normalized spacial score (nSPS) is 14.2. The average Bonchev–Trinajstić information content (AvgIpc) is 2.88. The average molecular weight is 261 g/mol. The fraction of sp³-hybridized carbons (Fsp3) is 0.231. The van der Waals surface area contributed by atoms with Crippen LogP contribution < -0.4 is 0 Å². The van der Waals surface area contributed by atoms with E-state index in [0.29, 0.717) is 5.69 Å². The van der Waals surface area contributed by atoms with Crippen molar-refractivity contribution < 1.29 is 14.4 Å². The minimum Gasteiger partial charge on any atom is -0.475 e. The van der Waals surface area contributed by atoms with Gasteiger partial charge in [-0.25, -0.2) is 4.79 Å². The molecule has 2 aromatic rings. The van der Waals surface area contributed by atoms with Crippen molar-refractivity contribution in [1.29, 1.82) is 0 Å². The fourth-order valence-corrected chi connectivity index (χ4v) is 3.09. The Bertz CT molecular complexity index is 606. The number of fused-ring (bicyclic) bond motifs is 1. The van der Waals surface area contributed by atoms with Crippen LogP contribution >= 0.6 is 11.8 Å². The maximum atomic E-state index is 10.7. The number of aryl methyl sites for hydroxylation is 1. The summed E-state index contributed by atoms with van der Waals surface area (Å²) in [6, 6.07) is 7.57. The molecule has 1 aromatic heterocycles. The van der Waals surface area contributed by atoms with Crippen LogP contribution in [0, 0.1) is 0 Å². The molecule has 0 radical (unpaired) electrons. The standard InChI is InChI=1S/C13H11NO3S/c15-13(16)11-7-10(14-17-11)9-4-3-8-2-1-5-18-12(8)6-9/h3-4,6-7H,1-2,5H2,(H,15,16). The lowest BCUT2D eigenvalue weighted by molar-refractivity contribution is 0.0652. The first-order valence-corrected chi connectivity index (χ1v) is 6.69. The Balaban J connectivity index is 1.98. The lowest BCUT2D eigenvalue weighted by Crippen LogP contribution is -1.98. The van der Waals surface area contributed by atoms with Crippen LogP contribution in [0.3, 0.4) is 0 Å². The van der Waals surface area contributed by atoms with Gasteiger partial charge in [0.15, 0.2) is 0 Å². The van der Waals surface area contributed by atoms with E-state index in [-0.39, 0.29) is 5.76 Å². The van der Waals surface area contributed by atoms with Crippen molar-refractivity contribution in [2.75, 3.05) is 5.75 Å². The topological polar surface area (TPSA) is 63.3 Å². The zero-order valence-corrected chi connectivity index (χ0v) is 10.4. The lowest BCUT2D eigenvalue weighted by Gasteiger charge is -2.15. The second kappa shape index (κ2) is 4.49. The molecule has 5 heteroatoms. The molecule has 0 saturated heterocycles. The Morgan fingerprint density at radius 1 is 1.39 bits per heavy atom. The number of nitrogens with zero attached hydrogens (tertiary/aromatic N) is 1. The minimum absolute atomic E-state index is 0.129. The van der Waals surface area contributed by atoms with E-state index in [2.05, 4.69) is 17.3 Å². The number of carboxylic acid groups (broad SMARTS) is 1. The number of carboxylic acids is 1. The number of hydrogen-bond acceptors (Lipinski definition) is 4. The first-order chi connectivity index (χ1) is 8.74. The second-order valence-electron chi connectivity index (χ2n) is 4.16. The molecule has 1 aromatic carbocycles.